The molecule has 0 heterocycles. The van der Waals surface area contributed by atoms with Crippen LogP contribution in [0.4, 0.5) is 5.69 Å². The van der Waals surface area contributed by atoms with Crippen LogP contribution in [-0.2, 0) is 0 Å². The van der Waals surface area contributed by atoms with Crippen molar-refractivity contribution in [3.63, 3.8) is 0 Å². The van der Waals surface area contributed by atoms with Crippen molar-refractivity contribution in [2.75, 3.05) is 6.61 Å². The predicted octanol–water partition coefficient (Wildman–Crippen LogP) is 5.27. The first kappa shape index (κ1) is 14.4. The van der Waals surface area contributed by atoms with Crippen LogP contribution in [0, 0.1) is 0 Å². The Hall–Kier alpha value is -1.96. The van der Waals surface area contributed by atoms with Crippen LogP contribution in [0.25, 0.3) is 11.1 Å². The number of aliphatic imine (C=N–C) groups is 1. The predicted molar refractivity (Wildman–Crippen MR) is 87.0 cm³/mol. The van der Waals surface area contributed by atoms with Gasteiger partial charge in [-0.15, -0.1) is 0 Å². The molecule has 0 saturated heterocycles. The van der Waals surface area contributed by atoms with Gasteiger partial charge in [-0.25, -0.2) is 0 Å². The largest absolute Gasteiger partial charge is 0.494 e. The van der Waals surface area contributed by atoms with Crippen molar-refractivity contribution < 1.29 is 4.74 Å². The average Bonchev–Trinajstić information content (AvgIpc) is 2.49. The molecule has 2 aromatic carbocycles. The number of hydrogen-bond donors (Lipinski definition) is 0. The van der Waals surface area contributed by atoms with E-state index in [4.69, 9.17) is 4.74 Å². The molecule has 102 valence electrons. The summed E-state index contributed by atoms with van der Waals surface area (Å²) in [5.41, 5.74) is 3.13. The van der Waals surface area contributed by atoms with Gasteiger partial charge < -0.3 is 4.74 Å². The van der Waals surface area contributed by atoms with Crippen LogP contribution < -0.4 is 4.74 Å². The minimum absolute atomic E-state index is 0.778. The zero-order valence-corrected chi connectivity index (χ0v) is 12.3. The maximum atomic E-state index is 5.65. The molecule has 2 aromatic rings. The summed E-state index contributed by atoms with van der Waals surface area (Å²) < 4.78 is 5.65. The van der Waals surface area contributed by atoms with Gasteiger partial charge in [-0.1, -0.05) is 37.6 Å². The van der Waals surface area contributed by atoms with E-state index in [9.17, 15) is 0 Å². The molecule has 2 rings (SSSR count). The molecule has 2 nitrogen and oxygen atoms in total. The Bertz CT molecular complexity index is 583. The van der Waals surface area contributed by atoms with Gasteiger partial charge in [0, 0.05) is 0 Å². The van der Waals surface area contributed by atoms with Crippen molar-refractivity contribution in [3.05, 3.63) is 48.5 Å². The third-order valence-electron chi connectivity index (χ3n) is 3.00. The van der Waals surface area contributed by atoms with Crippen LogP contribution in [0.15, 0.2) is 53.5 Å². The smallest absolute Gasteiger partial charge is 0.119 e. The van der Waals surface area contributed by atoms with Gasteiger partial charge >= 0.3 is 0 Å². The van der Waals surface area contributed by atoms with Crippen molar-refractivity contribution in [2.24, 2.45) is 4.99 Å². The van der Waals surface area contributed by atoms with E-state index in [0.717, 1.165) is 42.0 Å². The Labute approximate surface area is 125 Å². The second-order valence-corrected chi connectivity index (χ2v) is 4.66. The maximum absolute atomic E-state index is 5.65. The number of thiocarbonyl (C=S) groups is 1. The lowest BCUT2D eigenvalue weighted by atomic mass is 10.1. The highest BCUT2D eigenvalue weighted by molar-refractivity contribution is 7.78. The van der Waals surface area contributed by atoms with Crippen molar-refractivity contribution >= 4 is 23.1 Å². The summed E-state index contributed by atoms with van der Waals surface area (Å²) >= 11 is 4.59. The van der Waals surface area contributed by atoms with Gasteiger partial charge in [0.15, 0.2) is 0 Å². The standard InChI is InChI=1S/C17H17NOS/c1-2-3-12-19-17-10-6-15(7-11-17)14-4-8-16(9-5-14)18-13-20/h4-11H,2-3,12H2,1H3. The molecule has 0 spiro atoms. The van der Waals surface area contributed by atoms with E-state index in [2.05, 4.69) is 41.4 Å². The zero-order chi connectivity index (χ0) is 14.2. The van der Waals surface area contributed by atoms with Crippen molar-refractivity contribution in [1.82, 2.24) is 0 Å². The molecule has 0 bridgehead atoms. The van der Waals surface area contributed by atoms with Crippen LogP contribution in [0.1, 0.15) is 19.8 Å². The lowest BCUT2D eigenvalue weighted by Crippen LogP contribution is -1.95. The molecule has 0 aromatic heterocycles. The number of benzene rings is 2. The third-order valence-corrected chi connectivity index (χ3v) is 3.09. The Morgan fingerprint density at radius 3 is 2.15 bits per heavy atom. The molecule has 0 unspecified atom stereocenters. The van der Waals surface area contributed by atoms with Crippen LogP contribution in [0.5, 0.6) is 5.75 Å². The minimum Gasteiger partial charge on any atom is -0.494 e. The molecule has 0 fully saturated rings. The second-order valence-electron chi connectivity index (χ2n) is 4.48. The van der Waals surface area contributed by atoms with Crippen molar-refractivity contribution in [3.8, 4) is 16.9 Å². The molecule has 0 aliphatic heterocycles. The topological polar surface area (TPSA) is 21.6 Å². The molecule has 0 amide bonds. The quantitative estimate of drug-likeness (QED) is 0.409. The highest BCUT2D eigenvalue weighted by Crippen LogP contribution is 2.24. The fourth-order valence-corrected chi connectivity index (χ4v) is 1.96. The fraction of sp³-hybridized carbons (Fsp3) is 0.235. The van der Waals surface area contributed by atoms with Gasteiger partial charge in [-0.2, -0.15) is 4.99 Å². The molecule has 3 heteroatoms. The van der Waals surface area contributed by atoms with E-state index < -0.39 is 0 Å². The third kappa shape index (κ3) is 4.02. The Kier molecular flexibility index (Phi) is 5.48. The van der Waals surface area contributed by atoms with Crippen LogP contribution in [0.2, 0.25) is 0 Å². The number of isothiocyanates is 1. The molecule has 0 saturated carbocycles. The first-order valence-electron chi connectivity index (χ1n) is 6.74. The summed E-state index contributed by atoms with van der Waals surface area (Å²) in [6.45, 7) is 2.93. The number of nitrogens with zero attached hydrogens (tertiary/aromatic N) is 1. The van der Waals surface area contributed by atoms with Gasteiger partial charge in [0.25, 0.3) is 0 Å². The second kappa shape index (κ2) is 7.59. The SMILES string of the molecule is CCCCOc1ccc(-c2ccc(N=C=S)cc2)cc1. The van der Waals surface area contributed by atoms with E-state index in [1.54, 1.807) is 0 Å². The summed E-state index contributed by atoms with van der Waals surface area (Å²) in [5.74, 6) is 0.920. The summed E-state index contributed by atoms with van der Waals surface area (Å²) in [6.07, 6.45) is 2.23. The fourth-order valence-electron chi connectivity index (χ4n) is 1.86. The molecule has 0 atom stereocenters. The molecule has 0 aliphatic carbocycles. The van der Waals surface area contributed by atoms with Gasteiger partial charge in [-0.05, 0) is 54.0 Å². The monoisotopic (exact) mass is 283 g/mol. The van der Waals surface area contributed by atoms with Gasteiger partial charge in [0.2, 0.25) is 0 Å². The normalized spacial score (nSPS) is 9.85. The van der Waals surface area contributed by atoms with E-state index >= 15 is 0 Å². The molecule has 20 heavy (non-hydrogen) atoms. The molecule has 0 radical (unpaired) electrons. The summed E-state index contributed by atoms with van der Waals surface area (Å²) in [5, 5.41) is 2.37. The average molecular weight is 283 g/mol. The summed E-state index contributed by atoms with van der Waals surface area (Å²) in [6, 6.07) is 16.1. The van der Waals surface area contributed by atoms with Gasteiger partial charge in [-0.3, -0.25) is 0 Å². The van der Waals surface area contributed by atoms with Gasteiger partial charge in [0.1, 0.15) is 5.75 Å². The number of unbranched alkanes of at least 4 members (excludes halogenated alkanes) is 1. The highest BCUT2D eigenvalue weighted by Gasteiger charge is 1.99. The van der Waals surface area contributed by atoms with E-state index in [0.29, 0.717) is 0 Å². The number of rotatable bonds is 6. The highest BCUT2D eigenvalue weighted by atomic mass is 32.1. The van der Waals surface area contributed by atoms with Crippen LogP contribution in [-0.4, -0.2) is 11.8 Å². The molecular weight excluding hydrogens is 266 g/mol. The Morgan fingerprint density at radius 2 is 1.60 bits per heavy atom. The van der Waals surface area contributed by atoms with Crippen LogP contribution in [0.3, 0.4) is 0 Å². The first-order valence-corrected chi connectivity index (χ1v) is 7.15. The lowest BCUT2D eigenvalue weighted by Gasteiger charge is -2.07. The van der Waals surface area contributed by atoms with E-state index in [1.807, 2.05) is 36.4 Å². The minimum atomic E-state index is 0.778. The number of ether oxygens (including phenoxy) is 1. The maximum Gasteiger partial charge on any atom is 0.119 e. The first-order chi connectivity index (χ1) is 9.83. The van der Waals surface area contributed by atoms with E-state index in [-0.39, 0.29) is 0 Å². The lowest BCUT2D eigenvalue weighted by molar-refractivity contribution is 0.309. The summed E-state index contributed by atoms with van der Waals surface area (Å²) in [4.78, 5) is 3.94. The molecule has 0 aliphatic rings. The van der Waals surface area contributed by atoms with Gasteiger partial charge in [0.05, 0.1) is 17.5 Å². The van der Waals surface area contributed by atoms with Crippen LogP contribution >= 0.6 is 12.2 Å². The zero-order valence-electron chi connectivity index (χ0n) is 11.5. The van der Waals surface area contributed by atoms with Crippen molar-refractivity contribution in [2.45, 2.75) is 19.8 Å². The summed E-state index contributed by atoms with van der Waals surface area (Å²) in [7, 11) is 0. The number of hydrogen-bond acceptors (Lipinski definition) is 3. The Balaban J connectivity index is 2.07. The van der Waals surface area contributed by atoms with Crippen molar-refractivity contribution in [1.29, 1.82) is 0 Å². The Morgan fingerprint density at radius 1 is 1.00 bits per heavy atom. The molecular formula is C17H17NOS. The molecule has 0 N–H and O–H groups in total. The van der Waals surface area contributed by atoms with E-state index in [1.165, 1.54) is 0 Å².